The van der Waals surface area contributed by atoms with E-state index in [0.29, 0.717) is 33.9 Å². The van der Waals surface area contributed by atoms with Gasteiger partial charge in [-0.15, -0.1) is 0 Å². The van der Waals surface area contributed by atoms with Gasteiger partial charge in [0.1, 0.15) is 0 Å². The van der Waals surface area contributed by atoms with Gasteiger partial charge in [0.15, 0.2) is 0 Å². The Morgan fingerprint density at radius 1 is 1.07 bits per heavy atom. The second-order valence-electron chi connectivity index (χ2n) is 6.85. The van der Waals surface area contributed by atoms with Crippen LogP contribution in [0.5, 0.6) is 0 Å². The first kappa shape index (κ1) is 20.0. The Balaban J connectivity index is 1.92. The van der Waals surface area contributed by atoms with Crippen LogP contribution in [-0.4, -0.2) is 28.8 Å². The molecule has 2 atom stereocenters. The maximum Gasteiger partial charge on any atom is 0.261 e. The topological polar surface area (TPSA) is 75.4 Å². The molecule has 0 saturated heterocycles. The van der Waals surface area contributed by atoms with Gasteiger partial charge in [0.05, 0.1) is 33.6 Å². The van der Waals surface area contributed by atoms with Gasteiger partial charge in [0, 0.05) is 6.04 Å². The molecule has 0 saturated carbocycles. The number of amides is 2. The van der Waals surface area contributed by atoms with Gasteiger partial charge in [0.2, 0.25) is 0 Å². The van der Waals surface area contributed by atoms with Crippen molar-refractivity contribution in [2.75, 3.05) is 11.1 Å². The van der Waals surface area contributed by atoms with Crippen molar-refractivity contribution in [1.82, 2.24) is 4.90 Å². The Bertz CT molecular complexity index is 870. The molecule has 2 unspecified atom stereocenters. The molecule has 0 aromatic heterocycles. The van der Waals surface area contributed by atoms with Crippen LogP contribution in [0.2, 0.25) is 5.02 Å². The standard InChI is InChI=1S/C22H24ClN3O2/c1-3-4-5-13-19(14(2)25-20-17(23)11-8-12-18(20)24)26-21(27)15-9-6-7-10-16(15)22(26)28/h4-12,14,19,25H,3,13,24H2,1-2H3/b5-4-. The predicted molar refractivity (Wildman–Crippen MR) is 114 cm³/mol. The Labute approximate surface area is 170 Å². The second kappa shape index (κ2) is 8.48. The predicted octanol–water partition coefficient (Wildman–Crippen LogP) is 4.74. The van der Waals surface area contributed by atoms with Crippen LogP contribution < -0.4 is 11.1 Å². The zero-order chi connectivity index (χ0) is 20.3. The van der Waals surface area contributed by atoms with E-state index in [0.717, 1.165) is 6.42 Å². The lowest BCUT2D eigenvalue weighted by atomic mass is 10.0. The van der Waals surface area contributed by atoms with Crippen LogP contribution in [0.25, 0.3) is 0 Å². The number of halogens is 1. The van der Waals surface area contributed by atoms with Crippen LogP contribution in [0.3, 0.4) is 0 Å². The summed E-state index contributed by atoms with van der Waals surface area (Å²) >= 11 is 6.29. The third kappa shape index (κ3) is 3.76. The van der Waals surface area contributed by atoms with E-state index in [-0.39, 0.29) is 23.9 Å². The third-order valence-electron chi connectivity index (χ3n) is 4.93. The normalized spacial score (nSPS) is 15.8. The van der Waals surface area contributed by atoms with Crippen molar-refractivity contribution < 1.29 is 9.59 Å². The molecule has 0 radical (unpaired) electrons. The fraction of sp³-hybridized carbons (Fsp3) is 0.273. The number of hydrogen-bond donors (Lipinski definition) is 2. The summed E-state index contributed by atoms with van der Waals surface area (Å²) in [5.41, 5.74) is 8.08. The minimum Gasteiger partial charge on any atom is -0.397 e. The van der Waals surface area contributed by atoms with Crippen LogP contribution in [-0.2, 0) is 0 Å². The molecular weight excluding hydrogens is 374 g/mol. The molecule has 28 heavy (non-hydrogen) atoms. The molecule has 0 aliphatic carbocycles. The lowest BCUT2D eigenvalue weighted by Gasteiger charge is -2.32. The molecule has 0 bridgehead atoms. The Hall–Kier alpha value is -2.79. The molecule has 1 aliphatic rings. The van der Waals surface area contributed by atoms with Gasteiger partial charge in [-0.05, 0) is 44.0 Å². The number of anilines is 2. The molecule has 5 nitrogen and oxygen atoms in total. The number of rotatable bonds is 7. The van der Waals surface area contributed by atoms with Gasteiger partial charge in [0.25, 0.3) is 11.8 Å². The van der Waals surface area contributed by atoms with Crippen molar-refractivity contribution >= 4 is 34.8 Å². The van der Waals surface area contributed by atoms with Crippen molar-refractivity contribution in [3.8, 4) is 0 Å². The highest BCUT2D eigenvalue weighted by molar-refractivity contribution is 6.33. The molecule has 2 aromatic carbocycles. The minimum absolute atomic E-state index is 0.258. The minimum atomic E-state index is -0.383. The summed E-state index contributed by atoms with van der Waals surface area (Å²) in [6.07, 6.45) is 5.45. The van der Waals surface area contributed by atoms with Crippen molar-refractivity contribution in [2.24, 2.45) is 0 Å². The number of carbonyl (C=O) groups is 2. The maximum atomic E-state index is 13.0. The van der Waals surface area contributed by atoms with E-state index in [1.54, 1.807) is 42.5 Å². The fourth-order valence-corrected chi connectivity index (χ4v) is 3.70. The van der Waals surface area contributed by atoms with Gasteiger partial charge in [-0.2, -0.15) is 0 Å². The molecule has 3 rings (SSSR count). The molecule has 6 heteroatoms. The fourth-order valence-electron chi connectivity index (χ4n) is 3.46. The van der Waals surface area contributed by atoms with E-state index >= 15 is 0 Å². The maximum absolute atomic E-state index is 13.0. The third-order valence-corrected chi connectivity index (χ3v) is 5.25. The van der Waals surface area contributed by atoms with Crippen LogP contribution >= 0.6 is 11.6 Å². The van der Waals surface area contributed by atoms with E-state index in [9.17, 15) is 9.59 Å². The summed E-state index contributed by atoms with van der Waals surface area (Å²) in [6.45, 7) is 3.97. The second-order valence-corrected chi connectivity index (χ2v) is 7.25. The number of benzene rings is 2. The molecule has 0 spiro atoms. The molecule has 146 valence electrons. The number of allylic oxidation sites excluding steroid dienone is 1. The molecule has 1 heterocycles. The highest BCUT2D eigenvalue weighted by Gasteiger charge is 2.41. The number of fused-ring (bicyclic) bond motifs is 1. The van der Waals surface area contributed by atoms with Crippen LogP contribution in [0.15, 0.2) is 54.6 Å². The summed E-state index contributed by atoms with van der Waals surface area (Å²) in [5, 5.41) is 3.81. The first-order valence-electron chi connectivity index (χ1n) is 9.38. The quantitative estimate of drug-likeness (QED) is 0.402. The zero-order valence-electron chi connectivity index (χ0n) is 16.0. The SMILES string of the molecule is CC/C=C\CC(C(C)Nc1c(N)cccc1Cl)N1C(=O)c2ccccc2C1=O. The van der Waals surface area contributed by atoms with Crippen LogP contribution in [0.1, 0.15) is 47.4 Å². The Morgan fingerprint density at radius 3 is 2.29 bits per heavy atom. The summed E-state index contributed by atoms with van der Waals surface area (Å²) in [6, 6.07) is 11.6. The Kier molecular flexibility index (Phi) is 6.05. The molecular formula is C22H24ClN3O2. The number of hydrogen-bond acceptors (Lipinski definition) is 4. The summed E-state index contributed by atoms with van der Waals surface area (Å²) in [5.74, 6) is -0.535. The lowest BCUT2D eigenvalue weighted by Crippen LogP contribution is -2.48. The van der Waals surface area contributed by atoms with Crippen molar-refractivity contribution in [2.45, 2.75) is 38.8 Å². The van der Waals surface area contributed by atoms with E-state index in [4.69, 9.17) is 17.3 Å². The van der Waals surface area contributed by atoms with E-state index in [1.807, 2.05) is 26.0 Å². The molecule has 2 amide bonds. The number of nitrogens with two attached hydrogens (primary N) is 1. The number of nitrogens with one attached hydrogen (secondary N) is 1. The number of para-hydroxylation sites is 1. The van der Waals surface area contributed by atoms with Crippen LogP contribution in [0, 0.1) is 0 Å². The average molecular weight is 398 g/mol. The first-order chi connectivity index (χ1) is 13.5. The monoisotopic (exact) mass is 397 g/mol. The van der Waals surface area contributed by atoms with Gasteiger partial charge in [-0.25, -0.2) is 0 Å². The van der Waals surface area contributed by atoms with Crippen molar-refractivity contribution in [3.63, 3.8) is 0 Å². The lowest BCUT2D eigenvalue weighted by molar-refractivity contribution is 0.0572. The van der Waals surface area contributed by atoms with Crippen LogP contribution in [0.4, 0.5) is 11.4 Å². The smallest absolute Gasteiger partial charge is 0.261 e. The molecule has 0 fully saturated rings. The van der Waals surface area contributed by atoms with E-state index < -0.39 is 0 Å². The number of carbonyl (C=O) groups excluding carboxylic acids is 2. The molecule has 3 N–H and O–H groups in total. The first-order valence-corrected chi connectivity index (χ1v) is 9.76. The van der Waals surface area contributed by atoms with E-state index in [2.05, 4.69) is 5.32 Å². The highest BCUT2D eigenvalue weighted by atomic mass is 35.5. The van der Waals surface area contributed by atoms with E-state index in [1.165, 1.54) is 4.90 Å². The van der Waals surface area contributed by atoms with Crippen molar-refractivity contribution in [3.05, 3.63) is 70.8 Å². The van der Waals surface area contributed by atoms with Gasteiger partial charge in [-0.3, -0.25) is 14.5 Å². The summed E-state index contributed by atoms with van der Waals surface area (Å²) in [7, 11) is 0. The van der Waals surface area contributed by atoms with Crippen molar-refractivity contribution in [1.29, 1.82) is 0 Å². The largest absolute Gasteiger partial charge is 0.397 e. The zero-order valence-corrected chi connectivity index (χ0v) is 16.7. The number of nitrogen functional groups attached to an aromatic ring is 1. The Morgan fingerprint density at radius 2 is 1.71 bits per heavy atom. The number of nitrogens with zero attached hydrogens (tertiary/aromatic N) is 1. The van der Waals surface area contributed by atoms with Gasteiger partial charge < -0.3 is 11.1 Å². The summed E-state index contributed by atoms with van der Waals surface area (Å²) in [4.78, 5) is 27.3. The summed E-state index contributed by atoms with van der Waals surface area (Å²) < 4.78 is 0. The highest BCUT2D eigenvalue weighted by Crippen LogP contribution is 2.32. The molecule has 1 aliphatic heterocycles. The average Bonchev–Trinajstić information content (AvgIpc) is 2.93. The molecule has 2 aromatic rings. The van der Waals surface area contributed by atoms with Gasteiger partial charge in [-0.1, -0.05) is 48.9 Å². The van der Waals surface area contributed by atoms with Gasteiger partial charge >= 0.3 is 0 Å². The number of imide groups is 1.